The summed E-state index contributed by atoms with van der Waals surface area (Å²) in [4.78, 5) is 11.4. The molecule has 0 bridgehead atoms. The highest BCUT2D eigenvalue weighted by molar-refractivity contribution is 7.89. The van der Waals surface area contributed by atoms with E-state index in [0.717, 1.165) is 0 Å². The number of carbonyl (C=O) groups is 1. The van der Waals surface area contributed by atoms with Crippen molar-refractivity contribution in [2.75, 3.05) is 26.0 Å². The number of ether oxygens (including phenoxy) is 1. The monoisotopic (exact) mass is 304 g/mol. The Morgan fingerprint density at radius 1 is 1.45 bits per heavy atom. The van der Waals surface area contributed by atoms with E-state index in [2.05, 4.69) is 14.8 Å². The molecule has 7 nitrogen and oxygen atoms in total. The third-order valence-electron chi connectivity index (χ3n) is 2.59. The van der Waals surface area contributed by atoms with E-state index in [1.165, 1.54) is 7.11 Å². The first-order valence-electron chi connectivity index (χ1n) is 6.25. The molecule has 114 valence electrons. The lowest BCUT2D eigenvalue weighted by Gasteiger charge is -2.04. The molecule has 1 heterocycles. The van der Waals surface area contributed by atoms with Gasteiger partial charge in [-0.1, -0.05) is 6.92 Å². The number of nitrogens with one attached hydrogen (secondary N) is 2. The third kappa shape index (κ3) is 4.95. The Morgan fingerprint density at radius 3 is 2.75 bits per heavy atom. The number of carbonyl (C=O) groups excluding carboxylic acids is 1. The molecule has 0 aliphatic rings. The van der Waals surface area contributed by atoms with Gasteiger partial charge in [-0.3, -0.25) is 0 Å². The molecule has 0 aliphatic heterocycles. The number of aryl methyl sites for hydroxylation is 1. The van der Waals surface area contributed by atoms with Crippen LogP contribution in [0.3, 0.4) is 0 Å². The maximum Gasteiger partial charge on any atom is 0.341 e. The molecule has 1 aromatic heterocycles. The van der Waals surface area contributed by atoms with E-state index in [-0.39, 0.29) is 5.75 Å². The maximum absolute atomic E-state index is 11.4. The first-order chi connectivity index (χ1) is 9.39. The summed E-state index contributed by atoms with van der Waals surface area (Å²) in [5.74, 6) is 0.578. The van der Waals surface area contributed by atoms with Gasteiger partial charge in [-0.05, 0) is 13.0 Å². The lowest BCUT2D eigenvalue weighted by Crippen LogP contribution is -2.31. The summed E-state index contributed by atoms with van der Waals surface area (Å²) in [5, 5.41) is 2.95. The fraction of sp³-hybridized carbons (Fsp3) is 0.583. The predicted octanol–water partition coefficient (Wildman–Crippen LogP) is 0.404. The Morgan fingerprint density at radius 2 is 2.15 bits per heavy atom. The van der Waals surface area contributed by atoms with E-state index in [1.54, 1.807) is 19.9 Å². The second-order valence-corrected chi connectivity index (χ2v) is 6.09. The Labute approximate surface area is 118 Å². The topological polar surface area (TPSA) is 97.6 Å². The van der Waals surface area contributed by atoms with Crippen LogP contribution >= 0.6 is 0 Å². The summed E-state index contributed by atoms with van der Waals surface area (Å²) in [6, 6.07) is 1.59. The zero-order chi connectivity index (χ0) is 15.2. The highest BCUT2D eigenvalue weighted by Crippen LogP contribution is 2.15. The molecule has 1 aromatic rings. The standard InChI is InChI=1S/C12H20N2O5S/c1-4-14-20(16,17)6-5-13-8-10-7-11(9(2)19-10)12(15)18-3/h7,13-14H,4-6,8H2,1-3H3. The summed E-state index contributed by atoms with van der Waals surface area (Å²) < 4.78 is 35.2. The number of methoxy groups -OCH3 is 1. The molecule has 0 aromatic carbocycles. The zero-order valence-corrected chi connectivity index (χ0v) is 12.7. The summed E-state index contributed by atoms with van der Waals surface area (Å²) >= 11 is 0. The average Bonchev–Trinajstić information content (AvgIpc) is 2.75. The normalized spacial score (nSPS) is 11.6. The molecule has 0 radical (unpaired) electrons. The van der Waals surface area contributed by atoms with Crippen molar-refractivity contribution in [2.45, 2.75) is 20.4 Å². The fourth-order valence-corrected chi connectivity index (χ4v) is 2.65. The predicted molar refractivity (Wildman–Crippen MR) is 74.0 cm³/mol. The number of hydrogen-bond acceptors (Lipinski definition) is 6. The van der Waals surface area contributed by atoms with Crippen LogP contribution in [-0.4, -0.2) is 40.3 Å². The van der Waals surface area contributed by atoms with Crippen molar-refractivity contribution in [3.8, 4) is 0 Å². The van der Waals surface area contributed by atoms with Gasteiger partial charge in [-0.2, -0.15) is 0 Å². The molecule has 0 saturated heterocycles. The highest BCUT2D eigenvalue weighted by Gasteiger charge is 2.15. The van der Waals surface area contributed by atoms with Crippen molar-refractivity contribution < 1.29 is 22.4 Å². The van der Waals surface area contributed by atoms with Gasteiger partial charge in [0.05, 0.1) is 19.4 Å². The molecule has 20 heavy (non-hydrogen) atoms. The molecule has 0 saturated carbocycles. The van der Waals surface area contributed by atoms with Gasteiger partial charge < -0.3 is 14.5 Å². The van der Waals surface area contributed by atoms with E-state index in [9.17, 15) is 13.2 Å². The van der Waals surface area contributed by atoms with Crippen molar-refractivity contribution in [1.82, 2.24) is 10.0 Å². The van der Waals surface area contributed by atoms with Crippen molar-refractivity contribution in [2.24, 2.45) is 0 Å². The van der Waals surface area contributed by atoms with Crippen molar-refractivity contribution in [1.29, 1.82) is 0 Å². The third-order valence-corrected chi connectivity index (χ3v) is 4.06. The van der Waals surface area contributed by atoms with E-state index in [0.29, 0.717) is 36.7 Å². The Hall–Kier alpha value is -1.38. The number of furan rings is 1. The van der Waals surface area contributed by atoms with Crippen LogP contribution in [0.4, 0.5) is 0 Å². The van der Waals surface area contributed by atoms with Crippen LogP contribution in [0, 0.1) is 6.92 Å². The van der Waals surface area contributed by atoms with Gasteiger partial charge in [0, 0.05) is 13.1 Å². The van der Waals surface area contributed by atoms with Gasteiger partial charge in [0.1, 0.15) is 17.1 Å². The summed E-state index contributed by atoms with van der Waals surface area (Å²) in [6.45, 7) is 4.42. The largest absolute Gasteiger partial charge is 0.465 e. The van der Waals surface area contributed by atoms with Crippen LogP contribution in [0.1, 0.15) is 28.8 Å². The Kier molecular flexibility index (Phi) is 6.18. The van der Waals surface area contributed by atoms with Crippen LogP contribution in [0.25, 0.3) is 0 Å². The van der Waals surface area contributed by atoms with Crippen LogP contribution in [-0.2, 0) is 21.3 Å². The number of esters is 1. The minimum atomic E-state index is -3.22. The summed E-state index contributed by atoms with van der Waals surface area (Å²) in [5.41, 5.74) is 0.379. The van der Waals surface area contributed by atoms with Crippen molar-refractivity contribution in [3.05, 3.63) is 23.2 Å². The minimum absolute atomic E-state index is 0.00953. The Balaban J connectivity index is 2.45. The quantitative estimate of drug-likeness (QED) is 0.533. The SMILES string of the molecule is CCNS(=O)(=O)CCNCc1cc(C(=O)OC)c(C)o1. The number of hydrogen-bond donors (Lipinski definition) is 2. The minimum Gasteiger partial charge on any atom is -0.465 e. The molecular formula is C12H20N2O5S. The van der Waals surface area contributed by atoms with Gasteiger partial charge >= 0.3 is 5.97 Å². The van der Waals surface area contributed by atoms with Crippen LogP contribution in [0.2, 0.25) is 0 Å². The lowest BCUT2D eigenvalue weighted by atomic mass is 10.2. The maximum atomic E-state index is 11.4. The van der Waals surface area contributed by atoms with E-state index < -0.39 is 16.0 Å². The second-order valence-electron chi connectivity index (χ2n) is 4.17. The molecule has 0 atom stereocenters. The number of sulfonamides is 1. The molecule has 2 N–H and O–H groups in total. The molecule has 1 rings (SSSR count). The van der Waals surface area contributed by atoms with E-state index in [1.807, 2.05) is 0 Å². The molecule has 0 spiro atoms. The number of rotatable bonds is 8. The molecule has 8 heteroatoms. The van der Waals surface area contributed by atoms with Crippen LogP contribution < -0.4 is 10.0 Å². The van der Waals surface area contributed by atoms with Crippen molar-refractivity contribution >= 4 is 16.0 Å². The van der Waals surface area contributed by atoms with Crippen LogP contribution in [0.15, 0.2) is 10.5 Å². The highest BCUT2D eigenvalue weighted by atomic mass is 32.2. The van der Waals surface area contributed by atoms with Gasteiger partial charge in [0.2, 0.25) is 10.0 Å². The van der Waals surface area contributed by atoms with Crippen molar-refractivity contribution in [3.63, 3.8) is 0 Å². The van der Waals surface area contributed by atoms with Gasteiger partial charge in [-0.15, -0.1) is 0 Å². The first kappa shape index (κ1) is 16.7. The van der Waals surface area contributed by atoms with E-state index >= 15 is 0 Å². The fourth-order valence-electron chi connectivity index (χ4n) is 1.65. The average molecular weight is 304 g/mol. The summed E-state index contributed by atoms with van der Waals surface area (Å²) in [6.07, 6.45) is 0. The molecule has 0 aliphatic carbocycles. The summed E-state index contributed by atoms with van der Waals surface area (Å²) in [7, 11) is -1.92. The van der Waals surface area contributed by atoms with Gasteiger partial charge in [0.15, 0.2) is 0 Å². The molecule has 0 amide bonds. The molecule has 0 fully saturated rings. The second kappa shape index (κ2) is 7.41. The Bertz CT molecular complexity index is 550. The van der Waals surface area contributed by atoms with Gasteiger partial charge in [0.25, 0.3) is 0 Å². The molecular weight excluding hydrogens is 284 g/mol. The molecule has 0 unspecified atom stereocenters. The smallest absolute Gasteiger partial charge is 0.341 e. The first-order valence-corrected chi connectivity index (χ1v) is 7.90. The van der Waals surface area contributed by atoms with Gasteiger partial charge in [-0.25, -0.2) is 17.9 Å². The zero-order valence-electron chi connectivity index (χ0n) is 11.9. The van der Waals surface area contributed by atoms with Crippen LogP contribution in [0.5, 0.6) is 0 Å². The van der Waals surface area contributed by atoms with E-state index in [4.69, 9.17) is 4.42 Å². The lowest BCUT2D eigenvalue weighted by molar-refractivity contribution is 0.0599.